The van der Waals surface area contributed by atoms with Gasteiger partial charge in [-0.3, -0.25) is 4.99 Å². The minimum atomic E-state index is -0.167. The van der Waals surface area contributed by atoms with Gasteiger partial charge in [-0.1, -0.05) is 12.1 Å². The van der Waals surface area contributed by atoms with Crippen LogP contribution in [0.5, 0.6) is 17.2 Å². The molecule has 0 saturated heterocycles. The molecule has 0 atom stereocenters. The maximum Gasteiger partial charge on any atom is 0.203 e. The Morgan fingerprint density at radius 3 is 2.40 bits per heavy atom. The number of benzene rings is 2. The van der Waals surface area contributed by atoms with Crippen LogP contribution in [0.4, 0.5) is 0 Å². The van der Waals surface area contributed by atoms with Crippen molar-refractivity contribution in [3.8, 4) is 23.3 Å². The number of aliphatic hydroxyl groups excluding tert-OH is 1. The number of nitrogens with zero attached hydrogens (tertiary/aromatic N) is 4. The number of methoxy groups -OCH3 is 3. The number of ether oxygens (including phenoxy) is 3. The van der Waals surface area contributed by atoms with Crippen molar-refractivity contribution in [2.45, 2.75) is 0 Å². The smallest absolute Gasteiger partial charge is 0.203 e. The summed E-state index contributed by atoms with van der Waals surface area (Å²) >= 11 is 0. The first-order chi connectivity index (χ1) is 14.5. The first kappa shape index (κ1) is 20.7. The molecule has 1 N–H and O–H groups in total. The molecule has 8 heteroatoms. The van der Waals surface area contributed by atoms with Crippen molar-refractivity contribution in [3.63, 3.8) is 0 Å². The van der Waals surface area contributed by atoms with Gasteiger partial charge in [0.1, 0.15) is 17.4 Å². The third-order valence-corrected chi connectivity index (χ3v) is 4.58. The fourth-order valence-corrected chi connectivity index (χ4v) is 3.11. The van der Waals surface area contributed by atoms with Crippen molar-refractivity contribution in [1.29, 1.82) is 5.26 Å². The SMILES string of the molecule is COc1cc(C=NCC(O)=C(C#N)c2nc3ccccc3n2C)cc(OC)c1OC. The molecule has 0 fully saturated rings. The van der Waals surface area contributed by atoms with Crippen LogP contribution in [0.2, 0.25) is 0 Å². The van der Waals surface area contributed by atoms with Crippen molar-refractivity contribution >= 4 is 22.8 Å². The van der Waals surface area contributed by atoms with Crippen LogP contribution in [0.1, 0.15) is 11.4 Å². The number of hydrogen-bond acceptors (Lipinski definition) is 7. The summed E-state index contributed by atoms with van der Waals surface area (Å²) in [5, 5.41) is 20.1. The first-order valence-electron chi connectivity index (χ1n) is 9.07. The molecule has 0 amide bonds. The van der Waals surface area contributed by atoms with E-state index in [0.717, 1.165) is 11.0 Å². The predicted molar refractivity (Wildman–Crippen MR) is 114 cm³/mol. The molecule has 154 valence electrons. The Labute approximate surface area is 174 Å². The van der Waals surface area contributed by atoms with E-state index in [4.69, 9.17) is 14.2 Å². The normalized spacial score (nSPS) is 12.0. The summed E-state index contributed by atoms with van der Waals surface area (Å²) < 4.78 is 17.7. The van der Waals surface area contributed by atoms with Gasteiger partial charge in [-0.2, -0.15) is 5.26 Å². The van der Waals surface area contributed by atoms with Crippen molar-refractivity contribution in [2.75, 3.05) is 27.9 Å². The fraction of sp³-hybridized carbons (Fsp3) is 0.227. The fourth-order valence-electron chi connectivity index (χ4n) is 3.11. The number of aliphatic imine (C=N–C) groups is 1. The molecule has 30 heavy (non-hydrogen) atoms. The van der Waals surface area contributed by atoms with Crippen LogP contribution in [0, 0.1) is 11.3 Å². The van der Waals surface area contributed by atoms with Gasteiger partial charge in [0.15, 0.2) is 17.3 Å². The second kappa shape index (κ2) is 9.01. The number of allylic oxidation sites excluding steroid dienone is 1. The lowest BCUT2D eigenvalue weighted by Gasteiger charge is -2.12. The average molecular weight is 406 g/mol. The number of rotatable bonds is 7. The van der Waals surface area contributed by atoms with E-state index in [1.807, 2.05) is 30.3 Å². The Kier molecular flexibility index (Phi) is 6.23. The zero-order valence-corrected chi connectivity index (χ0v) is 17.2. The summed E-state index contributed by atoms with van der Waals surface area (Å²) in [4.78, 5) is 8.71. The molecule has 2 aromatic carbocycles. The number of hydrogen-bond donors (Lipinski definition) is 1. The van der Waals surface area contributed by atoms with Crippen LogP contribution in [0.3, 0.4) is 0 Å². The topological polar surface area (TPSA) is 102 Å². The molecule has 3 rings (SSSR count). The highest BCUT2D eigenvalue weighted by atomic mass is 16.5. The molecule has 3 aromatic rings. The van der Waals surface area contributed by atoms with Crippen LogP contribution < -0.4 is 14.2 Å². The predicted octanol–water partition coefficient (Wildman–Crippen LogP) is 3.51. The number of aryl methyl sites for hydroxylation is 1. The Balaban J connectivity index is 1.90. The lowest BCUT2D eigenvalue weighted by molar-refractivity contribution is 0.324. The Hall–Kier alpha value is -3.99. The third-order valence-electron chi connectivity index (χ3n) is 4.58. The van der Waals surface area contributed by atoms with E-state index < -0.39 is 0 Å². The monoisotopic (exact) mass is 406 g/mol. The van der Waals surface area contributed by atoms with Gasteiger partial charge in [0, 0.05) is 13.3 Å². The third kappa shape index (κ3) is 3.91. The van der Waals surface area contributed by atoms with Crippen molar-refractivity contribution < 1.29 is 19.3 Å². The van der Waals surface area contributed by atoms with Gasteiger partial charge in [-0.15, -0.1) is 0 Å². The highest BCUT2D eigenvalue weighted by Crippen LogP contribution is 2.37. The number of imidazole rings is 1. The average Bonchev–Trinajstić information content (AvgIpc) is 3.10. The van der Waals surface area contributed by atoms with Gasteiger partial charge < -0.3 is 23.9 Å². The number of aliphatic hydroxyl groups is 1. The molecule has 0 spiro atoms. The van der Waals surface area contributed by atoms with Crippen LogP contribution in [-0.2, 0) is 7.05 Å². The summed E-state index contributed by atoms with van der Waals surface area (Å²) in [6.07, 6.45) is 1.56. The standard InChI is InChI=1S/C22H22N4O4/c1-26-17-8-6-5-7-16(17)25-22(26)15(11-23)18(27)13-24-12-14-9-19(28-2)21(30-4)20(10-14)29-3/h5-10,12,27H,13H2,1-4H3. The molecule has 0 unspecified atom stereocenters. The number of fused-ring (bicyclic) bond motifs is 1. The van der Waals surface area contributed by atoms with Gasteiger partial charge in [0.2, 0.25) is 5.75 Å². The molecule has 0 bridgehead atoms. The number of nitriles is 1. The van der Waals surface area contributed by atoms with E-state index in [0.29, 0.717) is 28.6 Å². The van der Waals surface area contributed by atoms with Gasteiger partial charge in [0.05, 0.1) is 38.9 Å². The number of aromatic nitrogens is 2. The molecule has 0 radical (unpaired) electrons. The zero-order valence-electron chi connectivity index (χ0n) is 17.2. The summed E-state index contributed by atoms with van der Waals surface area (Å²) in [6, 6.07) is 13.0. The van der Waals surface area contributed by atoms with E-state index >= 15 is 0 Å². The van der Waals surface area contributed by atoms with E-state index in [-0.39, 0.29) is 17.9 Å². The minimum Gasteiger partial charge on any atom is -0.509 e. The van der Waals surface area contributed by atoms with E-state index in [2.05, 4.69) is 9.98 Å². The highest BCUT2D eigenvalue weighted by Gasteiger charge is 2.16. The van der Waals surface area contributed by atoms with E-state index in [1.165, 1.54) is 21.3 Å². The van der Waals surface area contributed by atoms with Crippen molar-refractivity contribution in [1.82, 2.24) is 9.55 Å². The maximum absolute atomic E-state index is 10.5. The molecule has 0 saturated carbocycles. The van der Waals surface area contributed by atoms with Crippen LogP contribution >= 0.6 is 0 Å². The molecular formula is C22H22N4O4. The van der Waals surface area contributed by atoms with Crippen LogP contribution in [-0.4, -0.2) is 48.7 Å². The summed E-state index contributed by atoms with van der Waals surface area (Å²) in [5.41, 5.74) is 2.39. The second-order valence-electron chi connectivity index (χ2n) is 6.35. The molecule has 0 aliphatic rings. The lowest BCUT2D eigenvalue weighted by Crippen LogP contribution is -2.01. The minimum absolute atomic E-state index is 0.0794. The molecular weight excluding hydrogens is 384 g/mol. The second-order valence-corrected chi connectivity index (χ2v) is 6.35. The summed E-state index contributed by atoms with van der Waals surface area (Å²) in [6.45, 7) is -0.0806. The Bertz CT molecular complexity index is 1150. The Morgan fingerprint density at radius 2 is 1.83 bits per heavy atom. The first-order valence-corrected chi connectivity index (χ1v) is 9.07. The largest absolute Gasteiger partial charge is 0.509 e. The molecule has 0 aliphatic heterocycles. The van der Waals surface area contributed by atoms with Gasteiger partial charge in [-0.25, -0.2) is 4.98 Å². The summed E-state index contributed by atoms with van der Waals surface area (Å²) in [7, 11) is 6.39. The zero-order chi connectivity index (χ0) is 21.7. The molecule has 1 heterocycles. The summed E-state index contributed by atoms with van der Waals surface area (Å²) in [5.74, 6) is 1.69. The molecule has 1 aromatic heterocycles. The maximum atomic E-state index is 10.5. The Morgan fingerprint density at radius 1 is 1.17 bits per heavy atom. The lowest BCUT2D eigenvalue weighted by atomic mass is 10.2. The highest BCUT2D eigenvalue weighted by molar-refractivity contribution is 5.85. The number of para-hydroxylation sites is 2. The van der Waals surface area contributed by atoms with Crippen LogP contribution in [0.25, 0.3) is 16.6 Å². The van der Waals surface area contributed by atoms with Crippen molar-refractivity contribution in [3.05, 3.63) is 53.5 Å². The quantitative estimate of drug-likeness (QED) is 0.366. The van der Waals surface area contributed by atoms with Gasteiger partial charge in [-0.05, 0) is 29.8 Å². The van der Waals surface area contributed by atoms with Crippen LogP contribution in [0.15, 0.2) is 47.1 Å². The van der Waals surface area contributed by atoms with E-state index in [1.54, 1.807) is 30.0 Å². The molecule has 8 nitrogen and oxygen atoms in total. The van der Waals surface area contributed by atoms with E-state index in [9.17, 15) is 10.4 Å². The van der Waals surface area contributed by atoms with Gasteiger partial charge >= 0.3 is 0 Å². The molecule has 0 aliphatic carbocycles. The van der Waals surface area contributed by atoms with Gasteiger partial charge in [0.25, 0.3) is 0 Å². The van der Waals surface area contributed by atoms with Crippen molar-refractivity contribution in [2.24, 2.45) is 12.0 Å².